The van der Waals surface area contributed by atoms with Crippen molar-refractivity contribution in [2.45, 2.75) is 19.3 Å². The van der Waals surface area contributed by atoms with Crippen LogP contribution in [-0.4, -0.2) is 35.5 Å². The Hall–Kier alpha value is -3.97. The third-order valence-electron chi connectivity index (χ3n) is 4.61. The molecule has 0 saturated heterocycles. The lowest BCUT2D eigenvalue weighted by Crippen LogP contribution is -2.23. The Bertz CT molecular complexity index is 1220. The number of nitrogens with one attached hydrogen (secondary N) is 4. The van der Waals surface area contributed by atoms with Crippen LogP contribution in [0.3, 0.4) is 0 Å². The van der Waals surface area contributed by atoms with Crippen LogP contribution in [0.4, 0.5) is 34.0 Å². The number of halogens is 4. The van der Waals surface area contributed by atoms with Crippen molar-refractivity contribution in [1.82, 2.24) is 15.3 Å². The van der Waals surface area contributed by atoms with E-state index >= 15 is 0 Å². The minimum absolute atomic E-state index is 0.0951. The van der Waals surface area contributed by atoms with Crippen LogP contribution in [0.1, 0.15) is 12.0 Å². The van der Waals surface area contributed by atoms with Gasteiger partial charge in [-0.1, -0.05) is 12.1 Å². The van der Waals surface area contributed by atoms with Crippen molar-refractivity contribution in [1.29, 1.82) is 0 Å². The molecule has 1 heterocycles. The molecule has 2 amide bonds. The number of anilines is 2. The van der Waals surface area contributed by atoms with Gasteiger partial charge in [-0.05, 0) is 55.4 Å². The molecule has 35 heavy (non-hydrogen) atoms. The van der Waals surface area contributed by atoms with E-state index < -0.39 is 29.5 Å². The van der Waals surface area contributed by atoms with Crippen LogP contribution in [0.2, 0.25) is 0 Å². The monoisotopic (exact) mass is 494 g/mol. The molecular weight excluding hydrogens is 472 g/mol. The zero-order chi connectivity index (χ0) is 25.4. The van der Waals surface area contributed by atoms with Gasteiger partial charge in [0.2, 0.25) is 5.95 Å². The van der Waals surface area contributed by atoms with Gasteiger partial charge in [0.15, 0.2) is 0 Å². The number of rotatable bonds is 9. The second-order valence-corrected chi connectivity index (χ2v) is 7.25. The van der Waals surface area contributed by atoms with Gasteiger partial charge in [0.1, 0.15) is 11.6 Å². The summed E-state index contributed by atoms with van der Waals surface area (Å²) < 4.78 is 54.8. The second kappa shape index (κ2) is 11.4. The van der Waals surface area contributed by atoms with Crippen molar-refractivity contribution in [2.24, 2.45) is 5.73 Å². The van der Waals surface area contributed by atoms with Crippen molar-refractivity contribution >= 4 is 17.7 Å². The zero-order valence-electron chi connectivity index (χ0n) is 18.2. The van der Waals surface area contributed by atoms with E-state index in [-0.39, 0.29) is 17.2 Å². The first-order chi connectivity index (χ1) is 16.6. The molecule has 0 aliphatic carbocycles. The Morgan fingerprint density at radius 1 is 1.11 bits per heavy atom. The van der Waals surface area contributed by atoms with E-state index in [0.29, 0.717) is 30.8 Å². The summed E-state index contributed by atoms with van der Waals surface area (Å²) in [7, 11) is 0. The maximum Gasteiger partial charge on any atom is 0.573 e. The number of nitrogens with two attached hydrogens (primary N) is 1. The maximum atomic E-state index is 14.4. The molecule has 3 aromatic rings. The minimum atomic E-state index is -4.83. The average molecular weight is 494 g/mol. The van der Waals surface area contributed by atoms with E-state index in [9.17, 15) is 27.2 Å². The van der Waals surface area contributed by atoms with Crippen molar-refractivity contribution in [2.75, 3.05) is 23.7 Å². The minimum Gasteiger partial charge on any atom is -0.406 e. The normalized spacial score (nSPS) is 11.2. The lowest BCUT2D eigenvalue weighted by atomic mass is 10.1. The van der Waals surface area contributed by atoms with Gasteiger partial charge >= 0.3 is 12.4 Å². The van der Waals surface area contributed by atoms with E-state index in [4.69, 9.17) is 5.73 Å². The highest BCUT2D eigenvalue weighted by Crippen LogP contribution is 2.24. The third-order valence-corrected chi connectivity index (χ3v) is 4.61. The summed E-state index contributed by atoms with van der Waals surface area (Å²) in [6, 6.07) is 8.02. The SMILES string of the molecule is NCCCNCc1ccc(-c2cnc(NC(=O)Nc3ccc(OC(F)(F)F)cc3)[nH]c2=O)cc1F. The zero-order valence-corrected chi connectivity index (χ0v) is 18.2. The molecule has 0 aliphatic rings. The van der Waals surface area contributed by atoms with Crippen LogP contribution in [-0.2, 0) is 6.54 Å². The molecule has 0 bridgehead atoms. The molecule has 0 saturated carbocycles. The fourth-order valence-electron chi connectivity index (χ4n) is 2.98. The van der Waals surface area contributed by atoms with E-state index in [2.05, 4.69) is 30.7 Å². The Balaban J connectivity index is 1.61. The van der Waals surface area contributed by atoms with Crippen molar-refractivity contribution < 1.29 is 27.1 Å². The number of carbonyl (C=O) groups is 1. The first-order valence-electron chi connectivity index (χ1n) is 10.4. The van der Waals surface area contributed by atoms with Crippen LogP contribution >= 0.6 is 0 Å². The Morgan fingerprint density at radius 3 is 2.49 bits per heavy atom. The molecule has 0 aliphatic heterocycles. The molecule has 0 atom stereocenters. The number of ether oxygens (including phenoxy) is 1. The highest BCUT2D eigenvalue weighted by atomic mass is 19.4. The highest BCUT2D eigenvalue weighted by molar-refractivity contribution is 5.98. The summed E-state index contributed by atoms with van der Waals surface area (Å²) in [5.41, 5.74) is 5.81. The van der Waals surface area contributed by atoms with E-state index in [0.717, 1.165) is 18.6 Å². The van der Waals surface area contributed by atoms with E-state index in [1.807, 2.05) is 0 Å². The summed E-state index contributed by atoms with van der Waals surface area (Å²) in [5.74, 6) is -1.12. The quantitative estimate of drug-likeness (QED) is 0.228. The number of carbonyl (C=O) groups excluding carboxylic acids is 1. The summed E-state index contributed by atoms with van der Waals surface area (Å²) >= 11 is 0. The second-order valence-electron chi connectivity index (χ2n) is 7.25. The van der Waals surface area contributed by atoms with Crippen LogP contribution in [0.25, 0.3) is 11.1 Å². The maximum absolute atomic E-state index is 14.4. The van der Waals surface area contributed by atoms with Crippen molar-refractivity contribution in [3.8, 4) is 16.9 Å². The summed E-state index contributed by atoms with van der Waals surface area (Å²) in [6.45, 7) is 1.50. The molecule has 3 rings (SSSR count). The molecule has 0 unspecified atom stereocenters. The van der Waals surface area contributed by atoms with Crippen LogP contribution in [0.15, 0.2) is 53.5 Å². The van der Waals surface area contributed by atoms with Gasteiger partial charge in [-0.3, -0.25) is 15.1 Å². The van der Waals surface area contributed by atoms with Gasteiger partial charge in [-0.2, -0.15) is 0 Å². The van der Waals surface area contributed by atoms with Gasteiger partial charge in [0.05, 0.1) is 5.56 Å². The van der Waals surface area contributed by atoms with E-state index in [1.54, 1.807) is 12.1 Å². The first kappa shape index (κ1) is 25.6. The smallest absolute Gasteiger partial charge is 0.406 e. The molecule has 186 valence electrons. The number of aromatic amines is 1. The number of benzene rings is 2. The van der Waals surface area contributed by atoms with Crippen LogP contribution in [0.5, 0.6) is 5.75 Å². The molecule has 2 aromatic carbocycles. The van der Waals surface area contributed by atoms with Gasteiger partial charge in [-0.15, -0.1) is 13.2 Å². The lowest BCUT2D eigenvalue weighted by molar-refractivity contribution is -0.274. The Kier molecular flexibility index (Phi) is 8.39. The third kappa shape index (κ3) is 7.79. The molecule has 0 fully saturated rings. The summed E-state index contributed by atoms with van der Waals surface area (Å²) in [6.07, 6.45) is -2.88. The first-order valence-corrected chi connectivity index (χ1v) is 10.4. The van der Waals surface area contributed by atoms with Gasteiger partial charge in [0.25, 0.3) is 5.56 Å². The number of amides is 2. The van der Waals surface area contributed by atoms with Crippen molar-refractivity contribution in [3.05, 3.63) is 70.4 Å². The fourth-order valence-corrected chi connectivity index (χ4v) is 2.98. The number of hydrogen-bond donors (Lipinski definition) is 5. The predicted molar refractivity (Wildman–Crippen MR) is 121 cm³/mol. The topological polar surface area (TPSA) is 134 Å². The molecule has 1 aromatic heterocycles. The molecule has 6 N–H and O–H groups in total. The molecule has 0 radical (unpaired) electrons. The van der Waals surface area contributed by atoms with E-state index in [1.165, 1.54) is 24.4 Å². The van der Waals surface area contributed by atoms with Crippen LogP contribution in [0, 0.1) is 5.82 Å². The lowest BCUT2D eigenvalue weighted by Gasteiger charge is -2.10. The number of aromatic nitrogens is 2. The Labute approximate surface area is 196 Å². The molecule has 9 nitrogen and oxygen atoms in total. The number of hydrogen-bond acceptors (Lipinski definition) is 6. The molecule has 13 heteroatoms. The predicted octanol–water partition coefficient (Wildman–Crippen LogP) is 3.56. The summed E-state index contributed by atoms with van der Waals surface area (Å²) in [4.78, 5) is 30.9. The number of alkyl halides is 3. The standard InChI is InChI=1S/C22H22F4N6O3/c23-18-10-13(2-3-14(18)11-28-9-1-8-27)17-12-29-20(31-19(17)33)32-21(34)30-15-4-6-16(7-5-15)35-22(24,25)26/h2-7,10,12,28H,1,8-9,11,27H2,(H3,29,30,31,32,33,34). The number of nitrogens with zero attached hydrogens (tertiary/aromatic N) is 1. The highest BCUT2D eigenvalue weighted by Gasteiger charge is 2.31. The molecule has 0 spiro atoms. The number of urea groups is 1. The van der Waals surface area contributed by atoms with Gasteiger partial charge < -0.3 is 21.1 Å². The Morgan fingerprint density at radius 2 is 1.86 bits per heavy atom. The van der Waals surface area contributed by atoms with Crippen LogP contribution < -0.4 is 32.0 Å². The summed E-state index contributed by atoms with van der Waals surface area (Å²) in [5, 5.41) is 7.74. The number of H-pyrrole nitrogens is 1. The fraction of sp³-hybridized carbons (Fsp3) is 0.227. The molecular formula is C22H22F4N6O3. The van der Waals surface area contributed by atoms with Gasteiger partial charge in [0, 0.05) is 24.0 Å². The van der Waals surface area contributed by atoms with Gasteiger partial charge in [-0.25, -0.2) is 14.2 Å². The largest absolute Gasteiger partial charge is 0.573 e. The van der Waals surface area contributed by atoms with Crippen molar-refractivity contribution in [3.63, 3.8) is 0 Å². The average Bonchev–Trinajstić information content (AvgIpc) is 2.78.